The fourth-order valence-electron chi connectivity index (χ4n) is 2.46. The van der Waals surface area contributed by atoms with Gasteiger partial charge in [0.2, 0.25) is 0 Å². The van der Waals surface area contributed by atoms with Crippen LogP contribution in [-0.4, -0.2) is 64.9 Å². The highest BCUT2D eigenvalue weighted by molar-refractivity contribution is 7.85. The molecule has 0 unspecified atom stereocenters. The average molecular weight is 410 g/mol. The smallest absolute Gasteiger partial charge is 0.410 e. The largest absolute Gasteiger partial charge is 0.444 e. The number of nitrogens with zero attached hydrogens (tertiary/aromatic N) is 1. The van der Waals surface area contributed by atoms with E-state index in [4.69, 9.17) is 13.3 Å². The maximum absolute atomic E-state index is 12.6. The summed E-state index contributed by atoms with van der Waals surface area (Å²) in [5, 5.41) is 0.0467. The van der Waals surface area contributed by atoms with E-state index >= 15 is 0 Å². The first-order valence-corrected chi connectivity index (χ1v) is 13.7. The zero-order chi connectivity index (χ0) is 20.6. The van der Waals surface area contributed by atoms with Crippen molar-refractivity contribution < 1.29 is 26.6 Å². The van der Waals surface area contributed by atoms with E-state index in [0.29, 0.717) is 13.0 Å². The number of hydrogen-bond acceptors (Lipinski definition) is 6. The third-order valence-corrected chi connectivity index (χ3v) is 9.85. The SMILES string of the molecule is CC(C)(C)OC(=O)N1C[C@H](O[Si](C)(C)C(C)(C)C)C[C@H]1COS(C)(=O)=O. The molecule has 26 heavy (non-hydrogen) atoms. The molecule has 0 aromatic rings. The lowest BCUT2D eigenvalue weighted by Gasteiger charge is -2.38. The molecule has 9 heteroatoms. The molecule has 0 N–H and O–H groups in total. The molecule has 0 saturated carbocycles. The van der Waals surface area contributed by atoms with E-state index in [0.717, 1.165) is 6.26 Å². The third-order valence-electron chi connectivity index (χ3n) is 4.75. The van der Waals surface area contributed by atoms with Gasteiger partial charge in [0.05, 0.1) is 25.0 Å². The average Bonchev–Trinajstić information content (AvgIpc) is 2.74. The molecule has 1 heterocycles. The van der Waals surface area contributed by atoms with Crippen molar-refractivity contribution in [3.05, 3.63) is 0 Å². The van der Waals surface area contributed by atoms with Crippen molar-refractivity contribution in [1.82, 2.24) is 4.90 Å². The number of carbonyl (C=O) groups excluding carboxylic acids is 1. The van der Waals surface area contributed by atoms with E-state index in [1.54, 1.807) is 20.8 Å². The zero-order valence-electron chi connectivity index (χ0n) is 17.6. The Morgan fingerprint density at radius 1 is 1.15 bits per heavy atom. The van der Waals surface area contributed by atoms with Crippen molar-refractivity contribution in [2.75, 3.05) is 19.4 Å². The predicted octanol–water partition coefficient (Wildman–Crippen LogP) is 3.36. The van der Waals surface area contributed by atoms with Crippen molar-refractivity contribution in [2.24, 2.45) is 0 Å². The molecule has 1 aliphatic rings. The summed E-state index contributed by atoms with van der Waals surface area (Å²) < 4.78 is 39.5. The summed E-state index contributed by atoms with van der Waals surface area (Å²) in [4.78, 5) is 14.1. The normalized spacial score (nSPS) is 22.6. The number of ether oxygens (including phenoxy) is 1. The fourth-order valence-corrected chi connectivity index (χ4v) is 4.22. The van der Waals surface area contributed by atoms with Gasteiger partial charge in [0.15, 0.2) is 8.32 Å². The standard InChI is InChI=1S/C17H35NO6SSi/c1-16(2,3)23-15(19)18-11-14(24-26(8,9)17(4,5)6)10-13(18)12-22-25(7,20)21/h13-14H,10-12H2,1-9H3/t13-,14+/m0/s1. The Labute approximate surface area is 159 Å². The van der Waals surface area contributed by atoms with Gasteiger partial charge >= 0.3 is 6.09 Å². The summed E-state index contributed by atoms with van der Waals surface area (Å²) in [7, 11) is -5.59. The number of carbonyl (C=O) groups is 1. The van der Waals surface area contributed by atoms with Gasteiger partial charge in [0.25, 0.3) is 10.1 Å². The predicted molar refractivity (Wildman–Crippen MR) is 104 cm³/mol. The van der Waals surface area contributed by atoms with Gasteiger partial charge in [0.1, 0.15) is 5.60 Å². The van der Waals surface area contributed by atoms with Gasteiger partial charge < -0.3 is 14.1 Å². The minimum atomic E-state index is -3.58. The molecule has 0 aromatic carbocycles. The first-order chi connectivity index (χ1) is 11.4. The van der Waals surface area contributed by atoms with E-state index < -0.39 is 36.2 Å². The minimum Gasteiger partial charge on any atom is -0.444 e. The Balaban J connectivity index is 2.92. The van der Waals surface area contributed by atoms with E-state index in [-0.39, 0.29) is 17.7 Å². The zero-order valence-corrected chi connectivity index (χ0v) is 19.4. The third kappa shape index (κ3) is 7.17. The fraction of sp³-hybridized carbons (Fsp3) is 0.941. The molecule has 1 amide bonds. The van der Waals surface area contributed by atoms with Gasteiger partial charge in [-0.15, -0.1) is 0 Å². The minimum absolute atomic E-state index is 0.0467. The van der Waals surface area contributed by atoms with Crippen LogP contribution in [0.15, 0.2) is 0 Å². The summed E-state index contributed by atoms with van der Waals surface area (Å²) in [5.74, 6) is 0. The van der Waals surface area contributed by atoms with Crippen molar-refractivity contribution in [1.29, 1.82) is 0 Å². The lowest BCUT2D eigenvalue weighted by molar-refractivity contribution is 0.0176. The van der Waals surface area contributed by atoms with Gasteiger partial charge in [-0.25, -0.2) is 4.79 Å². The Bertz CT molecular complexity index is 606. The number of rotatable bonds is 5. The molecule has 7 nitrogen and oxygen atoms in total. The first kappa shape index (κ1) is 23.4. The van der Waals surface area contributed by atoms with Gasteiger partial charge in [-0.3, -0.25) is 4.18 Å². The summed E-state index contributed by atoms with van der Waals surface area (Å²) in [6, 6.07) is -0.394. The molecule has 0 radical (unpaired) electrons. The Hall–Kier alpha value is -0.643. The number of likely N-dealkylation sites (tertiary alicyclic amines) is 1. The monoisotopic (exact) mass is 409 g/mol. The van der Waals surface area contributed by atoms with Crippen LogP contribution in [0, 0.1) is 0 Å². The van der Waals surface area contributed by atoms with E-state index in [2.05, 4.69) is 33.9 Å². The van der Waals surface area contributed by atoms with Crippen LogP contribution in [0.25, 0.3) is 0 Å². The molecule has 1 saturated heterocycles. The highest BCUT2D eigenvalue weighted by Gasteiger charge is 2.44. The second kappa shape index (κ2) is 7.77. The van der Waals surface area contributed by atoms with Crippen LogP contribution in [-0.2, 0) is 23.5 Å². The molecular formula is C17H35NO6SSi. The van der Waals surface area contributed by atoms with Crippen LogP contribution >= 0.6 is 0 Å². The second-order valence-electron chi connectivity index (χ2n) is 9.51. The van der Waals surface area contributed by atoms with E-state index in [1.165, 1.54) is 4.90 Å². The van der Waals surface area contributed by atoms with Gasteiger partial charge in [-0.2, -0.15) is 8.42 Å². The molecule has 0 bridgehead atoms. The molecule has 1 aliphatic heterocycles. The van der Waals surface area contributed by atoms with Crippen LogP contribution < -0.4 is 0 Å². The molecule has 1 fully saturated rings. The van der Waals surface area contributed by atoms with Crippen molar-refractivity contribution >= 4 is 24.5 Å². The maximum atomic E-state index is 12.6. The second-order valence-corrected chi connectivity index (χ2v) is 15.9. The van der Waals surface area contributed by atoms with Crippen molar-refractivity contribution in [3.63, 3.8) is 0 Å². The Morgan fingerprint density at radius 3 is 2.12 bits per heavy atom. The highest BCUT2D eigenvalue weighted by atomic mass is 32.2. The molecular weight excluding hydrogens is 374 g/mol. The van der Waals surface area contributed by atoms with E-state index in [1.807, 2.05) is 0 Å². The first-order valence-electron chi connectivity index (χ1n) is 8.93. The molecule has 0 aliphatic carbocycles. The quantitative estimate of drug-likeness (QED) is 0.511. The molecule has 0 aromatic heterocycles. The maximum Gasteiger partial charge on any atom is 0.410 e. The highest BCUT2D eigenvalue weighted by Crippen LogP contribution is 2.39. The Morgan fingerprint density at radius 2 is 1.69 bits per heavy atom. The summed E-state index contributed by atoms with van der Waals surface area (Å²) in [5.41, 5.74) is -0.627. The van der Waals surface area contributed by atoms with Crippen LogP contribution in [0.4, 0.5) is 4.79 Å². The molecule has 154 valence electrons. The van der Waals surface area contributed by atoms with Crippen LogP contribution in [0.5, 0.6) is 0 Å². The lowest BCUT2D eigenvalue weighted by atomic mass is 10.2. The number of amides is 1. The molecule has 0 spiro atoms. The van der Waals surface area contributed by atoms with Gasteiger partial charge in [0, 0.05) is 6.54 Å². The topological polar surface area (TPSA) is 82.1 Å². The summed E-state index contributed by atoms with van der Waals surface area (Å²) in [6.07, 6.45) is 0.905. The van der Waals surface area contributed by atoms with Crippen LogP contribution in [0.2, 0.25) is 18.1 Å². The van der Waals surface area contributed by atoms with Gasteiger partial charge in [-0.05, 0) is 45.3 Å². The summed E-state index contributed by atoms with van der Waals surface area (Å²) in [6.45, 7) is 16.5. The van der Waals surface area contributed by atoms with Crippen LogP contribution in [0.1, 0.15) is 48.0 Å². The van der Waals surface area contributed by atoms with E-state index in [9.17, 15) is 13.2 Å². The van der Waals surface area contributed by atoms with Crippen molar-refractivity contribution in [2.45, 2.75) is 83.8 Å². The summed E-state index contributed by atoms with van der Waals surface area (Å²) >= 11 is 0. The Kier molecular flexibility index (Phi) is 6.99. The van der Waals surface area contributed by atoms with Crippen molar-refractivity contribution in [3.8, 4) is 0 Å². The molecule has 2 atom stereocenters. The molecule has 1 rings (SSSR count). The number of hydrogen-bond donors (Lipinski definition) is 0. The lowest BCUT2D eigenvalue weighted by Crippen LogP contribution is -2.45. The van der Waals surface area contributed by atoms with Crippen LogP contribution in [0.3, 0.4) is 0 Å². The van der Waals surface area contributed by atoms with Gasteiger partial charge in [-0.1, -0.05) is 20.8 Å².